The van der Waals surface area contributed by atoms with Gasteiger partial charge < -0.3 is 15.4 Å². The first kappa shape index (κ1) is 16.4. The third-order valence-corrected chi connectivity index (χ3v) is 4.50. The van der Waals surface area contributed by atoms with Crippen LogP contribution in [0.2, 0.25) is 0 Å². The maximum atomic E-state index is 5.16. The second kappa shape index (κ2) is 8.44. The Labute approximate surface area is 136 Å². The van der Waals surface area contributed by atoms with Crippen molar-refractivity contribution in [1.82, 2.24) is 10.6 Å². The number of benzene rings is 1. The van der Waals surface area contributed by atoms with Crippen molar-refractivity contribution < 1.29 is 4.74 Å². The minimum absolute atomic E-state index is 0.811. The molecule has 4 nitrogen and oxygen atoms in total. The molecule has 0 saturated carbocycles. The highest BCUT2D eigenvalue weighted by atomic mass is 32.1. The van der Waals surface area contributed by atoms with Crippen LogP contribution in [0.1, 0.15) is 16.0 Å². The molecule has 2 N–H and O–H groups in total. The van der Waals surface area contributed by atoms with E-state index in [2.05, 4.69) is 46.1 Å². The van der Waals surface area contributed by atoms with Crippen molar-refractivity contribution in [2.24, 2.45) is 4.99 Å². The molecule has 1 aromatic heterocycles. The number of aryl methyl sites for hydroxylation is 1. The molecule has 0 saturated heterocycles. The lowest BCUT2D eigenvalue weighted by atomic mass is 10.1. The van der Waals surface area contributed by atoms with Gasteiger partial charge in [0.1, 0.15) is 5.75 Å². The SMILES string of the molecule is CN=C(NCCc1ccc(OC)cc1)NCc1sccc1C. The summed E-state index contributed by atoms with van der Waals surface area (Å²) in [6, 6.07) is 10.3. The quantitative estimate of drug-likeness (QED) is 0.636. The molecule has 2 aromatic rings. The summed E-state index contributed by atoms with van der Waals surface area (Å²) in [6.07, 6.45) is 0.947. The first-order valence-electron chi connectivity index (χ1n) is 7.33. The third-order valence-electron chi connectivity index (χ3n) is 3.47. The van der Waals surface area contributed by atoms with Gasteiger partial charge in [0.2, 0.25) is 0 Å². The number of thiophene rings is 1. The summed E-state index contributed by atoms with van der Waals surface area (Å²) in [4.78, 5) is 5.60. The van der Waals surface area contributed by atoms with Crippen molar-refractivity contribution in [3.8, 4) is 5.75 Å². The van der Waals surface area contributed by atoms with Crippen LogP contribution in [0.3, 0.4) is 0 Å². The van der Waals surface area contributed by atoms with Crippen LogP contribution < -0.4 is 15.4 Å². The molecule has 0 atom stereocenters. The molecule has 5 heteroatoms. The standard InChI is InChI=1S/C17H23N3OS/c1-13-9-11-22-16(13)12-20-17(18-2)19-10-8-14-4-6-15(21-3)7-5-14/h4-7,9,11H,8,10,12H2,1-3H3,(H2,18,19,20). The number of hydrogen-bond donors (Lipinski definition) is 2. The summed E-state index contributed by atoms with van der Waals surface area (Å²) < 4.78 is 5.16. The summed E-state index contributed by atoms with van der Waals surface area (Å²) in [5, 5.41) is 8.80. The second-order valence-corrected chi connectivity index (χ2v) is 5.98. The molecule has 0 bridgehead atoms. The molecule has 0 spiro atoms. The summed E-state index contributed by atoms with van der Waals surface area (Å²) >= 11 is 1.77. The zero-order valence-corrected chi connectivity index (χ0v) is 14.2. The van der Waals surface area contributed by atoms with E-state index in [1.54, 1.807) is 25.5 Å². The van der Waals surface area contributed by atoms with E-state index in [1.807, 2.05) is 12.1 Å². The zero-order chi connectivity index (χ0) is 15.8. The van der Waals surface area contributed by atoms with Crippen molar-refractivity contribution in [2.45, 2.75) is 19.9 Å². The van der Waals surface area contributed by atoms with Crippen LogP contribution in [0.15, 0.2) is 40.7 Å². The smallest absolute Gasteiger partial charge is 0.191 e. The van der Waals surface area contributed by atoms with Crippen LogP contribution in [0, 0.1) is 6.92 Å². The van der Waals surface area contributed by atoms with Crippen molar-refractivity contribution in [2.75, 3.05) is 20.7 Å². The lowest BCUT2D eigenvalue weighted by Gasteiger charge is -2.12. The molecule has 0 unspecified atom stereocenters. The predicted octanol–water partition coefficient (Wildman–Crippen LogP) is 2.97. The average molecular weight is 317 g/mol. The molecule has 118 valence electrons. The normalized spacial score (nSPS) is 11.3. The zero-order valence-electron chi connectivity index (χ0n) is 13.3. The van der Waals surface area contributed by atoms with E-state index in [0.29, 0.717) is 0 Å². The fourth-order valence-corrected chi connectivity index (χ4v) is 2.93. The van der Waals surface area contributed by atoms with Gasteiger partial charge in [-0.15, -0.1) is 11.3 Å². The van der Waals surface area contributed by atoms with Crippen LogP contribution >= 0.6 is 11.3 Å². The highest BCUT2D eigenvalue weighted by Gasteiger charge is 2.02. The second-order valence-electron chi connectivity index (χ2n) is 4.98. The van der Waals surface area contributed by atoms with Crippen molar-refractivity contribution >= 4 is 17.3 Å². The molecule has 22 heavy (non-hydrogen) atoms. The predicted molar refractivity (Wildman–Crippen MR) is 94.0 cm³/mol. The molecule has 0 radical (unpaired) electrons. The highest BCUT2D eigenvalue weighted by Crippen LogP contribution is 2.14. The number of nitrogens with zero attached hydrogens (tertiary/aromatic N) is 1. The van der Waals surface area contributed by atoms with Gasteiger partial charge in [-0.2, -0.15) is 0 Å². The van der Waals surface area contributed by atoms with Crippen LogP contribution in [-0.4, -0.2) is 26.7 Å². The van der Waals surface area contributed by atoms with Gasteiger partial charge >= 0.3 is 0 Å². The van der Waals surface area contributed by atoms with Crippen molar-refractivity contribution in [3.05, 3.63) is 51.7 Å². The first-order chi connectivity index (χ1) is 10.7. The fourth-order valence-electron chi connectivity index (χ4n) is 2.09. The Kier molecular flexibility index (Phi) is 6.27. The Balaban J connectivity index is 1.75. The molecule has 1 heterocycles. The first-order valence-corrected chi connectivity index (χ1v) is 8.21. The summed E-state index contributed by atoms with van der Waals surface area (Å²) in [7, 11) is 3.48. The van der Waals surface area contributed by atoms with E-state index in [9.17, 15) is 0 Å². The monoisotopic (exact) mass is 317 g/mol. The maximum Gasteiger partial charge on any atom is 0.191 e. The summed E-state index contributed by atoms with van der Waals surface area (Å²) in [5.41, 5.74) is 2.60. The van der Waals surface area contributed by atoms with Gasteiger partial charge in [0.25, 0.3) is 0 Å². The average Bonchev–Trinajstić information content (AvgIpc) is 2.96. The van der Waals surface area contributed by atoms with Crippen molar-refractivity contribution in [1.29, 1.82) is 0 Å². The number of ether oxygens (including phenoxy) is 1. The molecule has 0 aliphatic heterocycles. The lowest BCUT2D eigenvalue weighted by molar-refractivity contribution is 0.414. The molecule has 0 fully saturated rings. The lowest BCUT2D eigenvalue weighted by Crippen LogP contribution is -2.37. The number of methoxy groups -OCH3 is 1. The van der Waals surface area contributed by atoms with Crippen LogP contribution in [0.5, 0.6) is 5.75 Å². The molecule has 0 aliphatic rings. The molecule has 0 aliphatic carbocycles. The maximum absolute atomic E-state index is 5.16. The van der Waals surface area contributed by atoms with E-state index < -0.39 is 0 Å². The number of rotatable bonds is 6. The fraction of sp³-hybridized carbons (Fsp3) is 0.353. The van der Waals surface area contributed by atoms with E-state index in [1.165, 1.54) is 16.0 Å². The summed E-state index contributed by atoms with van der Waals surface area (Å²) in [6.45, 7) is 3.79. The molecule has 1 aromatic carbocycles. The van der Waals surface area contributed by atoms with Gasteiger partial charge in [-0.3, -0.25) is 4.99 Å². The highest BCUT2D eigenvalue weighted by molar-refractivity contribution is 7.10. The van der Waals surface area contributed by atoms with Crippen molar-refractivity contribution in [3.63, 3.8) is 0 Å². The minimum Gasteiger partial charge on any atom is -0.497 e. The molecular formula is C17H23N3OS. The van der Waals surface area contributed by atoms with Gasteiger partial charge in [0.15, 0.2) is 5.96 Å². The third kappa shape index (κ3) is 4.77. The van der Waals surface area contributed by atoms with Crippen LogP contribution in [-0.2, 0) is 13.0 Å². The Morgan fingerprint density at radius 3 is 2.55 bits per heavy atom. The number of nitrogens with one attached hydrogen (secondary N) is 2. The molecular weight excluding hydrogens is 294 g/mol. The molecule has 2 rings (SSSR count). The van der Waals surface area contributed by atoms with E-state index in [4.69, 9.17) is 4.74 Å². The van der Waals surface area contributed by atoms with Gasteiger partial charge in [0, 0.05) is 18.5 Å². The molecule has 0 amide bonds. The van der Waals surface area contributed by atoms with E-state index >= 15 is 0 Å². The number of guanidine groups is 1. The van der Waals surface area contributed by atoms with Gasteiger partial charge in [0.05, 0.1) is 13.7 Å². The van der Waals surface area contributed by atoms with E-state index in [0.717, 1.165) is 31.2 Å². The Morgan fingerprint density at radius 1 is 1.18 bits per heavy atom. The van der Waals surface area contributed by atoms with E-state index in [-0.39, 0.29) is 0 Å². The number of hydrogen-bond acceptors (Lipinski definition) is 3. The van der Waals surface area contributed by atoms with Gasteiger partial charge in [-0.25, -0.2) is 0 Å². The Morgan fingerprint density at radius 2 is 1.95 bits per heavy atom. The summed E-state index contributed by atoms with van der Waals surface area (Å²) in [5.74, 6) is 1.72. The van der Waals surface area contributed by atoms with Crippen LogP contribution in [0.4, 0.5) is 0 Å². The van der Waals surface area contributed by atoms with Crippen LogP contribution in [0.25, 0.3) is 0 Å². The number of aliphatic imine (C=N–C) groups is 1. The van der Waals surface area contributed by atoms with Gasteiger partial charge in [-0.1, -0.05) is 12.1 Å². The topological polar surface area (TPSA) is 45.7 Å². The Bertz CT molecular complexity index is 605. The van der Waals surface area contributed by atoms with Gasteiger partial charge in [-0.05, 0) is 48.1 Å². The minimum atomic E-state index is 0.811. The Hall–Kier alpha value is -2.01. The largest absolute Gasteiger partial charge is 0.497 e.